The third-order valence-electron chi connectivity index (χ3n) is 3.02. The Balaban J connectivity index is 2.21. The van der Waals surface area contributed by atoms with Crippen molar-refractivity contribution in [2.24, 2.45) is 0 Å². The minimum Gasteiger partial charge on any atom is -0.396 e. The Morgan fingerprint density at radius 1 is 1.25 bits per heavy atom. The Kier molecular flexibility index (Phi) is 3.95. The van der Waals surface area contributed by atoms with E-state index in [-0.39, 0.29) is 6.61 Å². The SMILES string of the molecule is OCCC1CCCN1c1cc(Cl)cc(Cl)c1. The Bertz CT molecular complexity index is 350. The molecule has 0 amide bonds. The average molecular weight is 260 g/mol. The van der Waals surface area contributed by atoms with Crippen molar-refractivity contribution in [1.29, 1.82) is 0 Å². The average Bonchev–Trinajstić information content (AvgIpc) is 2.65. The molecule has 0 spiro atoms. The highest BCUT2D eigenvalue weighted by Gasteiger charge is 2.24. The van der Waals surface area contributed by atoms with Crippen LogP contribution in [-0.2, 0) is 0 Å². The molecule has 1 saturated heterocycles. The van der Waals surface area contributed by atoms with E-state index in [9.17, 15) is 0 Å². The Labute approximate surface area is 106 Å². The summed E-state index contributed by atoms with van der Waals surface area (Å²) in [5.74, 6) is 0. The van der Waals surface area contributed by atoms with Gasteiger partial charge in [0.15, 0.2) is 0 Å². The number of hydrogen-bond acceptors (Lipinski definition) is 2. The molecule has 1 aliphatic rings. The molecule has 1 aromatic carbocycles. The van der Waals surface area contributed by atoms with Crippen LogP contribution in [0.2, 0.25) is 10.0 Å². The summed E-state index contributed by atoms with van der Waals surface area (Å²) in [5, 5.41) is 10.3. The molecule has 2 rings (SSSR count). The van der Waals surface area contributed by atoms with Gasteiger partial charge < -0.3 is 10.0 Å². The Hall–Kier alpha value is -0.440. The molecule has 1 heterocycles. The van der Waals surface area contributed by atoms with Gasteiger partial charge in [0.2, 0.25) is 0 Å². The minimum absolute atomic E-state index is 0.232. The number of benzene rings is 1. The van der Waals surface area contributed by atoms with Crippen LogP contribution in [0.5, 0.6) is 0 Å². The molecule has 1 N–H and O–H groups in total. The van der Waals surface area contributed by atoms with Crippen LogP contribution in [0.4, 0.5) is 5.69 Å². The molecule has 0 aliphatic carbocycles. The van der Waals surface area contributed by atoms with Crippen molar-refractivity contribution in [3.8, 4) is 0 Å². The molecule has 1 atom stereocenters. The first kappa shape index (κ1) is 12.0. The zero-order valence-electron chi connectivity index (χ0n) is 9.00. The van der Waals surface area contributed by atoms with Crippen LogP contribution in [-0.4, -0.2) is 24.3 Å². The summed E-state index contributed by atoms with van der Waals surface area (Å²) < 4.78 is 0. The molecule has 1 unspecified atom stereocenters. The fourth-order valence-electron chi connectivity index (χ4n) is 2.33. The third-order valence-corrected chi connectivity index (χ3v) is 3.45. The molecule has 0 aromatic heterocycles. The van der Waals surface area contributed by atoms with Gasteiger partial charge in [-0.3, -0.25) is 0 Å². The fraction of sp³-hybridized carbons (Fsp3) is 0.500. The quantitative estimate of drug-likeness (QED) is 0.900. The van der Waals surface area contributed by atoms with Crippen molar-refractivity contribution in [2.75, 3.05) is 18.1 Å². The predicted octanol–water partition coefficient (Wildman–Crippen LogP) is 3.34. The highest BCUT2D eigenvalue weighted by atomic mass is 35.5. The summed E-state index contributed by atoms with van der Waals surface area (Å²) in [6, 6.07) is 6.02. The molecule has 88 valence electrons. The first-order valence-corrected chi connectivity index (χ1v) is 6.30. The van der Waals surface area contributed by atoms with Crippen LogP contribution in [0.3, 0.4) is 0 Å². The molecule has 1 aromatic rings. The topological polar surface area (TPSA) is 23.5 Å². The lowest BCUT2D eigenvalue weighted by Crippen LogP contribution is -2.29. The van der Waals surface area contributed by atoms with Crippen molar-refractivity contribution in [2.45, 2.75) is 25.3 Å². The van der Waals surface area contributed by atoms with Gasteiger partial charge in [-0.15, -0.1) is 0 Å². The van der Waals surface area contributed by atoms with Gasteiger partial charge in [-0.2, -0.15) is 0 Å². The van der Waals surface area contributed by atoms with Gasteiger partial charge in [-0.05, 0) is 37.5 Å². The summed E-state index contributed by atoms with van der Waals surface area (Å²) >= 11 is 12.0. The summed E-state index contributed by atoms with van der Waals surface area (Å²) in [7, 11) is 0. The van der Waals surface area contributed by atoms with E-state index >= 15 is 0 Å². The maximum atomic E-state index is 9.02. The lowest BCUT2D eigenvalue weighted by Gasteiger charge is -2.26. The first-order chi connectivity index (χ1) is 7.70. The van der Waals surface area contributed by atoms with Gasteiger partial charge in [0.25, 0.3) is 0 Å². The summed E-state index contributed by atoms with van der Waals surface area (Å²) in [6.45, 7) is 1.25. The molecule has 0 radical (unpaired) electrons. The fourth-order valence-corrected chi connectivity index (χ4v) is 2.84. The summed E-state index contributed by atoms with van der Waals surface area (Å²) in [6.07, 6.45) is 3.10. The molecular formula is C12H15Cl2NO. The molecular weight excluding hydrogens is 245 g/mol. The number of anilines is 1. The standard InChI is InChI=1S/C12H15Cl2NO/c13-9-6-10(14)8-12(7-9)15-4-1-2-11(15)3-5-16/h6-8,11,16H,1-5H2. The summed E-state index contributed by atoms with van der Waals surface area (Å²) in [4.78, 5) is 2.29. The van der Waals surface area contributed by atoms with E-state index in [1.54, 1.807) is 6.07 Å². The van der Waals surface area contributed by atoms with E-state index in [1.165, 1.54) is 0 Å². The van der Waals surface area contributed by atoms with E-state index < -0.39 is 0 Å². The van der Waals surface area contributed by atoms with Crippen LogP contribution >= 0.6 is 23.2 Å². The highest BCUT2D eigenvalue weighted by molar-refractivity contribution is 6.35. The zero-order chi connectivity index (χ0) is 11.5. The van der Waals surface area contributed by atoms with Gasteiger partial charge in [-0.25, -0.2) is 0 Å². The van der Waals surface area contributed by atoms with Crippen LogP contribution in [0.15, 0.2) is 18.2 Å². The Morgan fingerprint density at radius 2 is 1.94 bits per heavy atom. The largest absolute Gasteiger partial charge is 0.396 e. The summed E-state index contributed by atoms with van der Waals surface area (Å²) in [5.41, 5.74) is 1.06. The van der Waals surface area contributed by atoms with Gasteiger partial charge in [0.1, 0.15) is 0 Å². The van der Waals surface area contributed by atoms with E-state index in [0.717, 1.165) is 31.5 Å². The van der Waals surface area contributed by atoms with Crippen LogP contribution in [0.25, 0.3) is 0 Å². The first-order valence-electron chi connectivity index (χ1n) is 5.54. The number of aliphatic hydroxyl groups excluding tert-OH is 1. The van der Waals surface area contributed by atoms with Crippen molar-refractivity contribution < 1.29 is 5.11 Å². The van der Waals surface area contributed by atoms with Crippen LogP contribution < -0.4 is 4.90 Å². The van der Waals surface area contributed by atoms with E-state index in [2.05, 4.69) is 4.90 Å². The van der Waals surface area contributed by atoms with Crippen molar-refractivity contribution in [3.05, 3.63) is 28.2 Å². The lowest BCUT2D eigenvalue weighted by atomic mass is 10.1. The third kappa shape index (κ3) is 2.62. The predicted molar refractivity (Wildman–Crippen MR) is 68.5 cm³/mol. The van der Waals surface area contributed by atoms with Gasteiger partial charge in [-0.1, -0.05) is 23.2 Å². The van der Waals surface area contributed by atoms with Gasteiger partial charge in [0.05, 0.1) is 0 Å². The molecule has 1 aliphatic heterocycles. The molecule has 0 saturated carbocycles. The van der Waals surface area contributed by atoms with E-state index in [4.69, 9.17) is 28.3 Å². The van der Waals surface area contributed by atoms with Crippen molar-refractivity contribution in [1.82, 2.24) is 0 Å². The van der Waals surface area contributed by atoms with Crippen LogP contribution in [0.1, 0.15) is 19.3 Å². The second kappa shape index (κ2) is 5.26. The van der Waals surface area contributed by atoms with Gasteiger partial charge >= 0.3 is 0 Å². The smallest absolute Gasteiger partial charge is 0.0450 e. The number of aliphatic hydroxyl groups is 1. The van der Waals surface area contributed by atoms with Gasteiger partial charge in [0, 0.05) is 34.9 Å². The number of nitrogens with zero attached hydrogens (tertiary/aromatic N) is 1. The lowest BCUT2D eigenvalue weighted by molar-refractivity contribution is 0.276. The molecule has 0 bridgehead atoms. The molecule has 16 heavy (non-hydrogen) atoms. The maximum Gasteiger partial charge on any atom is 0.0450 e. The van der Waals surface area contributed by atoms with Crippen molar-refractivity contribution >= 4 is 28.9 Å². The maximum absolute atomic E-state index is 9.02. The second-order valence-electron chi connectivity index (χ2n) is 4.13. The van der Waals surface area contributed by atoms with Crippen molar-refractivity contribution in [3.63, 3.8) is 0 Å². The number of hydrogen-bond donors (Lipinski definition) is 1. The zero-order valence-corrected chi connectivity index (χ0v) is 10.5. The molecule has 2 nitrogen and oxygen atoms in total. The Morgan fingerprint density at radius 3 is 2.56 bits per heavy atom. The number of rotatable bonds is 3. The minimum atomic E-state index is 0.232. The van der Waals surface area contributed by atoms with E-state index in [0.29, 0.717) is 16.1 Å². The normalized spacial score (nSPS) is 20.4. The highest BCUT2D eigenvalue weighted by Crippen LogP contribution is 2.31. The monoisotopic (exact) mass is 259 g/mol. The second-order valence-corrected chi connectivity index (χ2v) is 5.00. The molecule has 4 heteroatoms. The van der Waals surface area contributed by atoms with Crippen LogP contribution in [0, 0.1) is 0 Å². The number of halogens is 2. The van der Waals surface area contributed by atoms with E-state index in [1.807, 2.05) is 12.1 Å². The molecule has 1 fully saturated rings.